The van der Waals surface area contributed by atoms with Gasteiger partial charge in [0, 0.05) is 36.8 Å². The molecule has 0 unspecified atom stereocenters. The number of nitrogens with zero attached hydrogens (tertiary/aromatic N) is 1. The fraction of sp³-hybridized carbons (Fsp3) is 0.486. The minimum atomic E-state index is -1.33. The fourth-order valence-corrected chi connectivity index (χ4v) is 6.56. The monoisotopic (exact) mass is 620 g/mol. The molecule has 0 amide bonds. The van der Waals surface area contributed by atoms with E-state index < -0.39 is 7.12 Å². The van der Waals surface area contributed by atoms with Gasteiger partial charge in [-0.25, -0.2) is 0 Å². The van der Waals surface area contributed by atoms with Crippen molar-refractivity contribution in [3.05, 3.63) is 75.8 Å². The maximum absolute atomic E-state index is 9.11. The van der Waals surface area contributed by atoms with Crippen LogP contribution in [0, 0.1) is 6.92 Å². The van der Waals surface area contributed by atoms with Crippen molar-refractivity contribution in [2.24, 2.45) is 0 Å². The number of nitrogens with one attached hydrogen (secondary N) is 1. The van der Waals surface area contributed by atoms with E-state index in [0.717, 1.165) is 42.7 Å². The van der Waals surface area contributed by atoms with Crippen LogP contribution in [0.1, 0.15) is 68.4 Å². The Morgan fingerprint density at radius 3 is 2.57 bits per heavy atom. The van der Waals surface area contributed by atoms with Crippen molar-refractivity contribution in [2.75, 3.05) is 32.8 Å². The van der Waals surface area contributed by atoms with Gasteiger partial charge in [-0.3, -0.25) is 4.90 Å². The number of hydrogen-bond donors (Lipinski definition) is 3. The molecule has 7 nitrogen and oxygen atoms in total. The largest absolute Gasteiger partial charge is 0.493 e. The zero-order valence-corrected chi connectivity index (χ0v) is 27.3. The predicted octanol–water partition coefficient (Wildman–Crippen LogP) is 6.60. The van der Waals surface area contributed by atoms with Gasteiger partial charge in [0.2, 0.25) is 0 Å². The molecule has 0 saturated carbocycles. The Labute approximate surface area is 267 Å². The van der Waals surface area contributed by atoms with E-state index in [1.807, 2.05) is 19.1 Å². The van der Waals surface area contributed by atoms with Crippen molar-refractivity contribution < 1.29 is 24.3 Å². The first-order chi connectivity index (χ1) is 21.2. The molecule has 2 aliphatic rings. The van der Waals surface area contributed by atoms with Crippen LogP contribution >= 0.6 is 11.6 Å². The van der Waals surface area contributed by atoms with Gasteiger partial charge in [-0.05, 0) is 106 Å². The van der Waals surface area contributed by atoms with Gasteiger partial charge < -0.3 is 29.6 Å². The van der Waals surface area contributed by atoms with Crippen LogP contribution in [-0.4, -0.2) is 60.5 Å². The van der Waals surface area contributed by atoms with Gasteiger partial charge in [-0.2, -0.15) is 0 Å². The first-order valence-electron chi connectivity index (χ1n) is 16.0. The maximum atomic E-state index is 9.11. The summed E-state index contributed by atoms with van der Waals surface area (Å²) in [6.45, 7) is 13.2. The quantitative estimate of drug-likeness (QED) is 0.131. The Kier molecular flexibility index (Phi) is 10.8. The van der Waals surface area contributed by atoms with Gasteiger partial charge in [0.05, 0.1) is 18.2 Å². The molecule has 0 aromatic heterocycles. The smallest absolute Gasteiger partial charge is 0.452 e. The van der Waals surface area contributed by atoms with Gasteiger partial charge in [0.15, 0.2) is 0 Å². The summed E-state index contributed by atoms with van der Waals surface area (Å²) < 4.78 is 18.8. The van der Waals surface area contributed by atoms with Crippen molar-refractivity contribution in [1.82, 2.24) is 10.2 Å². The zero-order valence-electron chi connectivity index (χ0n) is 26.5. The van der Waals surface area contributed by atoms with E-state index in [1.54, 1.807) is 0 Å². The summed E-state index contributed by atoms with van der Waals surface area (Å²) >= 11 is 6.73. The third-order valence-corrected chi connectivity index (χ3v) is 9.34. The lowest BCUT2D eigenvalue weighted by atomic mass is 9.86. The first kappa shape index (κ1) is 32.6. The number of hydrogen-bond acceptors (Lipinski definition) is 7. The second kappa shape index (κ2) is 14.6. The maximum Gasteiger partial charge on any atom is 0.452 e. The topological polar surface area (TPSA) is 83.4 Å². The number of fused-ring (bicyclic) bond motifs is 1. The van der Waals surface area contributed by atoms with E-state index in [-0.39, 0.29) is 12.4 Å². The average molecular weight is 621 g/mol. The van der Waals surface area contributed by atoms with Crippen molar-refractivity contribution in [3.8, 4) is 28.4 Å². The van der Waals surface area contributed by atoms with Gasteiger partial charge in [-0.1, -0.05) is 41.9 Å². The van der Waals surface area contributed by atoms with Crippen molar-refractivity contribution in [1.29, 1.82) is 0 Å². The van der Waals surface area contributed by atoms with Crippen LogP contribution < -0.4 is 19.5 Å². The molecule has 3 aromatic rings. The van der Waals surface area contributed by atoms with Gasteiger partial charge in [-0.15, -0.1) is 0 Å². The molecule has 1 saturated heterocycles. The molecule has 236 valence electrons. The number of halogens is 1. The van der Waals surface area contributed by atoms with Gasteiger partial charge in [0.25, 0.3) is 0 Å². The third kappa shape index (κ3) is 7.55. The number of benzene rings is 3. The SMILES string of the molecule is CCOc1cc(O[C@H]2CCc3c(-c4cccc(OCCCN5CCC5(C)C)c4C)cccc32)c(Cl)cc1CNCCB(O)O. The van der Waals surface area contributed by atoms with E-state index in [2.05, 4.69) is 67.4 Å². The summed E-state index contributed by atoms with van der Waals surface area (Å²) in [7, 11) is -1.33. The second-order valence-electron chi connectivity index (χ2n) is 12.5. The Bertz CT molecular complexity index is 1430. The second-order valence-corrected chi connectivity index (χ2v) is 12.9. The number of likely N-dealkylation sites (tertiary alicyclic amines) is 1. The molecular weight excluding hydrogens is 575 g/mol. The number of rotatable bonds is 15. The van der Waals surface area contributed by atoms with Crippen LogP contribution in [0.4, 0.5) is 0 Å². The Hall–Kier alpha value is -2.75. The Balaban J connectivity index is 1.28. The normalized spacial score (nSPS) is 17.2. The van der Waals surface area contributed by atoms with E-state index >= 15 is 0 Å². The minimum absolute atomic E-state index is 0.113. The van der Waals surface area contributed by atoms with Crippen molar-refractivity contribution in [2.45, 2.75) is 77.9 Å². The molecule has 0 bridgehead atoms. The molecule has 44 heavy (non-hydrogen) atoms. The molecule has 9 heteroatoms. The highest BCUT2D eigenvalue weighted by Crippen LogP contribution is 2.44. The van der Waals surface area contributed by atoms with Crippen molar-refractivity contribution in [3.63, 3.8) is 0 Å². The van der Waals surface area contributed by atoms with E-state index in [9.17, 15) is 0 Å². The lowest BCUT2D eigenvalue weighted by Crippen LogP contribution is -2.55. The van der Waals surface area contributed by atoms with E-state index in [4.69, 9.17) is 35.9 Å². The highest BCUT2D eigenvalue weighted by molar-refractivity contribution is 6.41. The van der Waals surface area contributed by atoms with Gasteiger partial charge in [0.1, 0.15) is 23.4 Å². The van der Waals surface area contributed by atoms with Crippen molar-refractivity contribution >= 4 is 18.7 Å². The van der Waals surface area contributed by atoms with E-state index in [1.165, 1.54) is 35.2 Å². The summed E-state index contributed by atoms with van der Waals surface area (Å²) in [4.78, 5) is 2.54. The summed E-state index contributed by atoms with van der Waals surface area (Å²) in [6.07, 6.45) is 4.20. The molecular formula is C35H46BClN2O5. The van der Waals surface area contributed by atoms with Crippen LogP contribution in [0.2, 0.25) is 11.3 Å². The molecule has 1 atom stereocenters. The Morgan fingerprint density at radius 2 is 1.84 bits per heavy atom. The first-order valence-corrected chi connectivity index (χ1v) is 16.3. The summed E-state index contributed by atoms with van der Waals surface area (Å²) in [6, 6.07) is 16.6. The molecule has 1 heterocycles. The number of ether oxygens (including phenoxy) is 3. The standard InChI is InChI=1S/C35H46BClN2O5/c1-5-42-33-22-34(30(37)21-25(33)23-38-17-16-36(40)41)44-32-14-13-28-27(10-6-11-29(28)32)26-9-7-12-31(24(26)2)43-20-8-18-39-19-15-35(39,3)4/h6-7,9-12,21-22,32,38,40-41H,5,8,13-20,23H2,1-4H3/t32-/m0/s1. The predicted molar refractivity (Wildman–Crippen MR) is 178 cm³/mol. The van der Waals surface area contributed by atoms with Crippen LogP contribution in [0.15, 0.2) is 48.5 Å². The summed E-state index contributed by atoms with van der Waals surface area (Å²) in [5, 5.41) is 21.9. The zero-order chi connectivity index (χ0) is 31.3. The molecule has 1 aliphatic heterocycles. The van der Waals surface area contributed by atoms with Crippen LogP contribution in [-0.2, 0) is 13.0 Å². The fourth-order valence-electron chi connectivity index (χ4n) is 6.32. The summed E-state index contributed by atoms with van der Waals surface area (Å²) in [5.41, 5.74) is 7.32. The highest BCUT2D eigenvalue weighted by atomic mass is 35.5. The molecule has 0 radical (unpaired) electrons. The molecule has 3 aromatic carbocycles. The molecule has 5 rings (SSSR count). The lowest BCUT2D eigenvalue weighted by Gasteiger charge is -2.48. The van der Waals surface area contributed by atoms with Gasteiger partial charge >= 0.3 is 7.12 Å². The van der Waals surface area contributed by atoms with E-state index in [0.29, 0.717) is 48.4 Å². The van der Waals surface area contributed by atoms with Crippen LogP contribution in [0.5, 0.6) is 17.2 Å². The Morgan fingerprint density at radius 1 is 1.05 bits per heavy atom. The van der Waals surface area contributed by atoms with Crippen LogP contribution in [0.25, 0.3) is 11.1 Å². The molecule has 3 N–H and O–H groups in total. The minimum Gasteiger partial charge on any atom is -0.493 e. The van der Waals surface area contributed by atoms with Crippen LogP contribution in [0.3, 0.4) is 0 Å². The average Bonchev–Trinajstić information content (AvgIpc) is 3.40. The highest BCUT2D eigenvalue weighted by Gasteiger charge is 2.34. The lowest BCUT2D eigenvalue weighted by molar-refractivity contribution is 0.0123. The summed E-state index contributed by atoms with van der Waals surface area (Å²) in [5.74, 6) is 2.25. The molecule has 1 aliphatic carbocycles. The third-order valence-electron chi connectivity index (χ3n) is 9.05. The molecule has 0 spiro atoms. The molecule has 1 fully saturated rings.